The lowest BCUT2D eigenvalue weighted by Gasteiger charge is -2.23. The van der Waals surface area contributed by atoms with Gasteiger partial charge >= 0.3 is 0 Å². The summed E-state index contributed by atoms with van der Waals surface area (Å²) < 4.78 is 0. The lowest BCUT2D eigenvalue weighted by molar-refractivity contribution is -0.384. The predicted octanol–water partition coefficient (Wildman–Crippen LogP) is 0.580. The van der Waals surface area contributed by atoms with Gasteiger partial charge in [-0.2, -0.15) is 0 Å². The molecule has 9 heteroatoms. The highest BCUT2D eigenvalue weighted by Gasteiger charge is 2.17. The molecule has 0 bridgehead atoms. The second-order valence-electron chi connectivity index (χ2n) is 4.39. The van der Waals surface area contributed by atoms with Gasteiger partial charge in [-0.25, -0.2) is 10.8 Å². The van der Waals surface area contributed by atoms with E-state index in [1.165, 1.54) is 12.1 Å². The van der Waals surface area contributed by atoms with Crippen molar-refractivity contribution in [2.24, 2.45) is 5.84 Å². The van der Waals surface area contributed by atoms with Gasteiger partial charge in [-0.05, 0) is 13.8 Å². The second kappa shape index (κ2) is 7.39. The molecule has 0 spiro atoms. The molecule has 1 amide bonds. The summed E-state index contributed by atoms with van der Waals surface area (Å²) in [5, 5.41) is 10.9. The zero-order valence-corrected chi connectivity index (χ0v) is 12.4. The highest BCUT2D eigenvalue weighted by molar-refractivity contribution is 5.81. The smallest absolute Gasteiger partial charge is 0.276 e. The zero-order chi connectivity index (χ0) is 16.0. The third-order valence-corrected chi connectivity index (χ3v) is 3.03. The summed E-state index contributed by atoms with van der Waals surface area (Å²) in [6.07, 6.45) is 0. The highest BCUT2D eigenvalue weighted by Crippen LogP contribution is 2.22. The molecule has 1 aromatic rings. The van der Waals surface area contributed by atoms with Gasteiger partial charge in [-0.3, -0.25) is 14.9 Å². The lowest BCUT2D eigenvalue weighted by atomic mass is 10.3. The van der Waals surface area contributed by atoms with Crippen molar-refractivity contribution in [2.45, 2.75) is 13.8 Å². The van der Waals surface area contributed by atoms with Crippen molar-refractivity contribution in [2.75, 3.05) is 37.0 Å². The summed E-state index contributed by atoms with van der Waals surface area (Å²) in [6, 6.07) is 2.53. The van der Waals surface area contributed by atoms with Crippen LogP contribution in [0, 0.1) is 10.1 Å². The number of carbonyl (C=O) groups is 1. The van der Waals surface area contributed by atoms with E-state index in [-0.39, 0.29) is 24.0 Å². The molecule has 1 heterocycles. The van der Waals surface area contributed by atoms with Gasteiger partial charge in [-0.1, -0.05) is 0 Å². The van der Waals surface area contributed by atoms with E-state index in [0.717, 1.165) is 0 Å². The van der Waals surface area contributed by atoms with Crippen LogP contribution in [-0.4, -0.2) is 47.4 Å². The minimum Gasteiger partial charge on any atom is -0.350 e. The fourth-order valence-corrected chi connectivity index (χ4v) is 1.84. The number of pyridine rings is 1. The van der Waals surface area contributed by atoms with Gasteiger partial charge in [-0.15, -0.1) is 0 Å². The molecule has 0 atom stereocenters. The number of carbonyl (C=O) groups excluding carboxylic acids is 1. The molecular formula is C12H20N6O3. The van der Waals surface area contributed by atoms with Crippen LogP contribution in [0.5, 0.6) is 0 Å². The summed E-state index contributed by atoms with van der Waals surface area (Å²) >= 11 is 0. The van der Waals surface area contributed by atoms with E-state index in [1.807, 2.05) is 13.8 Å². The number of nitrogen functional groups attached to an aromatic ring is 1. The largest absolute Gasteiger partial charge is 0.350 e. The van der Waals surface area contributed by atoms with Gasteiger partial charge in [0.25, 0.3) is 5.69 Å². The molecule has 21 heavy (non-hydrogen) atoms. The first-order valence-corrected chi connectivity index (χ1v) is 6.54. The summed E-state index contributed by atoms with van der Waals surface area (Å²) in [6.45, 7) is 5.09. The molecule has 0 saturated heterocycles. The number of aromatic nitrogens is 1. The summed E-state index contributed by atoms with van der Waals surface area (Å²) in [5.41, 5.74) is 2.13. The van der Waals surface area contributed by atoms with Gasteiger partial charge in [0.15, 0.2) is 0 Å². The van der Waals surface area contributed by atoms with Crippen molar-refractivity contribution in [1.82, 2.24) is 9.88 Å². The standard InChI is InChI=1S/C12H20N6O3/c1-4-17(5-2)12(19)8-16(3)11-7-9(18(20)21)6-10(14-11)15-13/h6-7H,4-5,8,13H2,1-3H3,(H,14,15). The van der Waals surface area contributed by atoms with Crippen molar-refractivity contribution >= 4 is 23.2 Å². The van der Waals surface area contributed by atoms with E-state index < -0.39 is 4.92 Å². The molecule has 9 nitrogen and oxygen atoms in total. The number of hydrogen-bond donors (Lipinski definition) is 2. The molecule has 0 aromatic carbocycles. The van der Waals surface area contributed by atoms with Crippen molar-refractivity contribution < 1.29 is 9.72 Å². The number of rotatable bonds is 7. The molecule has 0 aliphatic rings. The quantitative estimate of drug-likeness (QED) is 0.429. The number of hydrogen-bond acceptors (Lipinski definition) is 7. The lowest BCUT2D eigenvalue weighted by Crippen LogP contribution is -2.39. The third kappa shape index (κ3) is 4.28. The molecule has 116 valence electrons. The van der Waals surface area contributed by atoms with Crippen molar-refractivity contribution in [1.29, 1.82) is 0 Å². The van der Waals surface area contributed by atoms with E-state index in [1.54, 1.807) is 16.8 Å². The topological polar surface area (TPSA) is 118 Å². The van der Waals surface area contributed by atoms with Gasteiger partial charge in [0, 0.05) is 20.1 Å². The Hall–Kier alpha value is -2.42. The van der Waals surface area contributed by atoms with E-state index in [2.05, 4.69) is 10.4 Å². The minimum atomic E-state index is -0.536. The maximum atomic E-state index is 12.0. The fraction of sp³-hybridized carbons (Fsp3) is 0.500. The first kappa shape index (κ1) is 16.6. The summed E-state index contributed by atoms with van der Waals surface area (Å²) in [7, 11) is 1.65. The van der Waals surface area contributed by atoms with Gasteiger partial charge in [0.05, 0.1) is 23.6 Å². The SMILES string of the molecule is CCN(CC)C(=O)CN(C)c1cc([N+](=O)[O-])cc(NN)n1. The van der Waals surface area contributed by atoms with Crippen LogP contribution < -0.4 is 16.2 Å². The molecule has 0 fully saturated rings. The van der Waals surface area contributed by atoms with Gasteiger partial charge in [0.1, 0.15) is 11.6 Å². The van der Waals surface area contributed by atoms with Crippen LogP contribution in [0.15, 0.2) is 12.1 Å². The normalized spacial score (nSPS) is 10.1. The minimum absolute atomic E-state index is 0.0712. The van der Waals surface area contributed by atoms with Gasteiger partial charge in [0.2, 0.25) is 5.91 Å². The Morgan fingerprint density at radius 1 is 1.43 bits per heavy atom. The first-order valence-electron chi connectivity index (χ1n) is 6.54. The molecule has 0 unspecified atom stereocenters. The van der Waals surface area contributed by atoms with Crippen LogP contribution >= 0.6 is 0 Å². The Kier molecular flexibility index (Phi) is 5.85. The molecule has 0 radical (unpaired) electrons. The molecule has 0 saturated carbocycles. The van der Waals surface area contributed by atoms with Crippen LogP contribution in [0.3, 0.4) is 0 Å². The molecule has 3 N–H and O–H groups in total. The molecule has 0 aliphatic carbocycles. The van der Waals surface area contributed by atoms with E-state index in [4.69, 9.17) is 5.84 Å². The van der Waals surface area contributed by atoms with Crippen molar-refractivity contribution in [3.8, 4) is 0 Å². The zero-order valence-electron chi connectivity index (χ0n) is 12.4. The Morgan fingerprint density at radius 2 is 2.05 bits per heavy atom. The van der Waals surface area contributed by atoms with Crippen molar-refractivity contribution in [3.05, 3.63) is 22.2 Å². The van der Waals surface area contributed by atoms with Crippen molar-refractivity contribution in [3.63, 3.8) is 0 Å². The van der Waals surface area contributed by atoms with E-state index >= 15 is 0 Å². The number of nitrogens with one attached hydrogen (secondary N) is 1. The van der Waals surface area contributed by atoms with Gasteiger partial charge < -0.3 is 15.2 Å². The summed E-state index contributed by atoms with van der Waals surface area (Å²) in [5.74, 6) is 5.65. The Bertz CT molecular complexity index is 518. The van der Waals surface area contributed by atoms with Crippen LogP contribution in [0.1, 0.15) is 13.8 Å². The number of nitrogens with zero attached hydrogens (tertiary/aromatic N) is 4. The number of anilines is 2. The van der Waals surface area contributed by atoms with Crippen LogP contribution in [-0.2, 0) is 4.79 Å². The average Bonchev–Trinajstić information content (AvgIpc) is 2.47. The van der Waals surface area contributed by atoms with Crippen LogP contribution in [0.4, 0.5) is 17.3 Å². The Morgan fingerprint density at radius 3 is 2.52 bits per heavy atom. The molecule has 0 aliphatic heterocycles. The molecular weight excluding hydrogens is 276 g/mol. The van der Waals surface area contributed by atoms with E-state index in [9.17, 15) is 14.9 Å². The maximum absolute atomic E-state index is 12.0. The fourth-order valence-electron chi connectivity index (χ4n) is 1.84. The maximum Gasteiger partial charge on any atom is 0.276 e. The third-order valence-electron chi connectivity index (χ3n) is 3.03. The molecule has 1 rings (SSSR count). The van der Waals surface area contributed by atoms with E-state index in [0.29, 0.717) is 18.9 Å². The average molecular weight is 296 g/mol. The monoisotopic (exact) mass is 296 g/mol. The number of hydrazine groups is 1. The number of nitrogens with two attached hydrogens (primary N) is 1. The van der Waals surface area contributed by atoms with Crippen LogP contribution in [0.25, 0.3) is 0 Å². The van der Waals surface area contributed by atoms with Crippen LogP contribution in [0.2, 0.25) is 0 Å². The number of amides is 1. The number of likely N-dealkylation sites (N-methyl/N-ethyl adjacent to an activating group) is 2. The predicted molar refractivity (Wildman–Crippen MR) is 79.9 cm³/mol. The Labute approximate surface area is 122 Å². The Balaban J connectivity index is 2.96. The second-order valence-corrected chi connectivity index (χ2v) is 4.39. The summed E-state index contributed by atoms with van der Waals surface area (Å²) in [4.78, 5) is 29.7. The molecule has 1 aromatic heterocycles. The number of nitro groups is 1. The highest BCUT2D eigenvalue weighted by atomic mass is 16.6. The first-order chi connectivity index (χ1) is 9.92.